The van der Waals surface area contributed by atoms with Crippen molar-refractivity contribution in [2.75, 3.05) is 13.1 Å². The average Bonchev–Trinajstić information content (AvgIpc) is 3.16. The van der Waals surface area contributed by atoms with Gasteiger partial charge in [-0.05, 0) is 37.0 Å². The molecule has 1 aromatic carbocycles. The molecule has 3 rings (SSSR count). The van der Waals surface area contributed by atoms with Crippen LogP contribution in [0, 0.1) is 11.7 Å². The van der Waals surface area contributed by atoms with E-state index in [1.165, 1.54) is 25.0 Å². The number of nitrogens with one attached hydrogen (secondary N) is 1. The van der Waals surface area contributed by atoms with E-state index < -0.39 is 0 Å². The molecule has 0 radical (unpaired) electrons. The lowest BCUT2D eigenvalue weighted by Crippen LogP contribution is -2.38. The van der Waals surface area contributed by atoms with E-state index in [4.69, 9.17) is 0 Å². The van der Waals surface area contributed by atoms with Crippen molar-refractivity contribution in [1.29, 1.82) is 0 Å². The molecule has 1 N–H and O–H groups in total. The van der Waals surface area contributed by atoms with E-state index in [-0.39, 0.29) is 23.5 Å². The second-order valence-corrected chi connectivity index (χ2v) is 6.61. The molecule has 1 atom stereocenters. The van der Waals surface area contributed by atoms with E-state index in [1.807, 2.05) is 0 Å². The smallest absolute Gasteiger partial charge is 0.225 e. The normalized spacial score (nSPS) is 21.9. The molecular weight excluding hydrogens is 295 g/mol. The summed E-state index contributed by atoms with van der Waals surface area (Å²) in [6.45, 7) is 1.08. The molecule has 23 heavy (non-hydrogen) atoms. The number of likely N-dealkylation sites (tertiary alicyclic amines) is 1. The van der Waals surface area contributed by atoms with Crippen molar-refractivity contribution in [1.82, 2.24) is 10.2 Å². The first-order valence-corrected chi connectivity index (χ1v) is 8.44. The molecule has 124 valence electrons. The first-order chi connectivity index (χ1) is 11.1. The molecule has 1 aliphatic heterocycles. The number of halogens is 1. The molecule has 0 aromatic heterocycles. The van der Waals surface area contributed by atoms with Gasteiger partial charge in [-0.3, -0.25) is 9.59 Å². The van der Waals surface area contributed by atoms with Crippen LogP contribution in [-0.2, 0) is 16.0 Å². The standard InChI is InChI=1S/C18H23FN2O2/c19-15-7-5-13(6-8-15)9-10-21-12-14(11-17(21)22)18(23)20-16-3-1-2-4-16/h5-8,14,16H,1-4,9-12H2,(H,20,23)/t14-/m0/s1. The van der Waals surface area contributed by atoms with Crippen LogP contribution in [0.4, 0.5) is 4.39 Å². The van der Waals surface area contributed by atoms with E-state index in [0.717, 1.165) is 18.4 Å². The fourth-order valence-corrected chi connectivity index (χ4v) is 3.47. The van der Waals surface area contributed by atoms with Gasteiger partial charge in [-0.1, -0.05) is 25.0 Å². The molecule has 1 aromatic rings. The highest BCUT2D eigenvalue weighted by Crippen LogP contribution is 2.22. The number of amides is 2. The van der Waals surface area contributed by atoms with Gasteiger partial charge in [-0.15, -0.1) is 0 Å². The number of nitrogens with zero attached hydrogens (tertiary/aromatic N) is 1. The Labute approximate surface area is 136 Å². The van der Waals surface area contributed by atoms with Gasteiger partial charge in [0.05, 0.1) is 5.92 Å². The predicted molar refractivity (Wildman–Crippen MR) is 85.2 cm³/mol. The topological polar surface area (TPSA) is 49.4 Å². The van der Waals surface area contributed by atoms with Crippen LogP contribution in [0.3, 0.4) is 0 Å². The van der Waals surface area contributed by atoms with Crippen LogP contribution in [0.2, 0.25) is 0 Å². The lowest BCUT2D eigenvalue weighted by atomic mass is 10.1. The summed E-state index contributed by atoms with van der Waals surface area (Å²) in [5, 5.41) is 3.08. The Balaban J connectivity index is 1.48. The molecule has 0 bridgehead atoms. The third-order valence-corrected chi connectivity index (χ3v) is 4.87. The lowest BCUT2D eigenvalue weighted by molar-refractivity contribution is -0.129. The van der Waals surface area contributed by atoms with Gasteiger partial charge in [-0.25, -0.2) is 4.39 Å². The van der Waals surface area contributed by atoms with Crippen molar-refractivity contribution in [2.24, 2.45) is 5.92 Å². The maximum Gasteiger partial charge on any atom is 0.225 e. The first-order valence-electron chi connectivity index (χ1n) is 8.44. The minimum absolute atomic E-state index is 0.0227. The number of carbonyl (C=O) groups is 2. The van der Waals surface area contributed by atoms with Crippen LogP contribution in [-0.4, -0.2) is 35.8 Å². The summed E-state index contributed by atoms with van der Waals surface area (Å²) in [6.07, 6.45) is 5.46. The molecule has 2 aliphatic rings. The highest BCUT2D eigenvalue weighted by molar-refractivity contribution is 5.89. The maximum atomic E-state index is 12.9. The maximum absolute atomic E-state index is 12.9. The van der Waals surface area contributed by atoms with Crippen LogP contribution >= 0.6 is 0 Å². The minimum atomic E-state index is -0.255. The molecule has 4 nitrogen and oxygen atoms in total. The zero-order chi connectivity index (χ0) is 16.2. The van der Waals surface area contributed by atoms with E-state index in [0.29, 0.717) is 32.0 Å². The number of carbonyl (C=O) groups excluding carboxylic acids is 2. The Hall–Kier alpha value is -1.91. The Bertz CT molecular complexity index is 567. The van der Waals surface area contributed by atoms with Crippen LogP contribution < -0.4 is 5.32 Å². The fraction of sp³-hybridized carbons (Fsp3) is 0.556. The Morgan fingerprint density at radius 2 is 1.91 bits per heavy atom. The van der Waals surface area contributed by atoms with Gasteiger partial charge in [0.1, 0.15) is 5.82 Å². The molecule has 1 heterocycles. The van der Waals surface area contributed by atoms with Gasteiger partial charge < -0.3 is 10.2 Å². The summed E-state index contributed by atoms with van der Waals surface area (Å²) in [6, 6.07) is 6.63. The largest absolute Gasteiger partial charge is 0.353 e. The highest BCUT2D eigenvalue weighted by atomic mass is 19.1. The summed E-state index contributed by atoms with van der Waals surface area (Å²) in [5.41, 5.74) is 0.998. The first kappa shape index (κ1) is 16.0. The molecule has 2 fully saturated rings. The van der Waals surface area contributed by atoms with E-state index in [9.17, 15) is 14.0 Å². The highest BCUT2D eigenvalue weighted by Gasteiger charge is 2.34. The summed E-state index contributed by atoms with van der Waals surface area (Å²) in [5.74, 6) is -0.417. The van der Waals surface area contributed by atoms with Gasteiger partial charge in [-0.2, -0.15) is 0 Å². The zero-order valence-corrected chi connectivity index (χ0v) is 13.3. The molecule has 1 aliphatic carbocycles. The second kappa shape index (κ2) is 7.11. The van der Waals surface area contributed by atoms with Crippen LogP contribution in [0.1, 0.15) is 37.7 Å². The Kier molecular flexibility index (Phi) is 4.94. The molecule has 5 heteroatoms. The number of benzene rings is 1. The molecule has 1 saturated heterocycles. The third-order valence-electron chi connectivity index (χ3n) is 4.87. The van der Waals surface area contributed by atoms with Crippen molar-refractivity contribution in [3.63, 3.8) is 0 Å². The third kappa shape index (κ3) is 4.09. The number of hydrogen-bond donors (Lipinski definition) is 1. The monoisotopic (exact) mass is 318 g/mol. The fourth-order valence-electron chi connectivity index (χ4n) is 3.47. The van der Waals surface area contributed by atoms with Crippen LogP contribution in [0.5, 0.6) is 0 Å². The van der Waals surface area contributed by atoms with Gasteiger partial charge >= 0.3 is 0 Å². The van der Waals surface area contributed by atoms with Crippen LogP contribution in [0.25, 0.3) is 0 Å². The molecule has 0 unspecified atom stereocenters. The average molecular weight is 318 g/mol. The molecule has 0 spiro atoms. The quantitative estimate of drug-likeness (QED) is 0.905. The van der Waals surface area contributed by atoms with Crippen LogP contribution in [0.15, 0.2) is 24.3 Å². The number of hydrogen-bond acceptors (Lipinski definition) is 2. The van der Waals surface area contributed by atoms with Crippen molar-refractivity contribution in [3.05, 3.63) is 35.6 Å². The van der Waals surface area contributed by atoms with E-state index in [2.05, 4.69) is 5.32 Å². The Morgan fingerprint density at radius 1 is 1.22 bits per heavy atom. The van der Waals surface area contributed by atoms with Crippen molar-refractivity contribution in [3.8, 4) is 0 Å². The van der Waals surface area contributed by atoms with Crippen molar-refractivity contribution < 1.29 is 14.0 Å². The summed E-state index contributed by atoms with van der Waals surface area (Å²) >= 11 is 0. The molecular formula is C18H23FN2O2. The summed E-state index contributed by atoms with van der Waals surface area (Å²) in [7, 11) is 0. The van der Waals surface area contributed by atoms with Gasteiger partial charge in [0.2, 0.25) is 11.8 Å². The summed E-state index contributed by atoms with van der Waals surface area (Å²) < 4.78 is 12.9. The van der Waals surface area contributed by atoms with Crippen molar-refractivity contribution in [2.45, 2.75) is 44.6 Å². The summed E-state index contributed by atoms with van der Waals surface area (Å²) in [4.78, 5) is 26.1. The zero-order valence-electron chi connectivity index (χ0n) is 13.3. The number of rotatable bonds is 5. The van der Waals surface area contributed by atoms with Gasteiger partial charge in [0, 0.05) is 25.6 Å². The van der Waals surface area contributed by atoms with Gasteiger partial charge in [0.25, 0.3) is 0 Å². The molecule has 2 amide bonds. The lowest BCUT2D eigenvalue weighted by Gasteiger charge is -2.18. The predicted octanol–water partition coefficient (Wildman–Crippen LogP) is 2.28. The van der Waals surface area contributed by atoms with E-state index in [1.54, 1.807) is 17.0 Å². The second-order valence-electron chi connectivity index (χ2n) is 6.61. The molecule has 1 saturated carbocycles. The SMILES string of the molecule is O=C(NC1CCCC1)[C@H]1CC(=O)N(CCc2ccc(F)cc2)C1. The Morgan fingerprint density at radius 3 is 2.61 bits per heavy atom. The van der Waals surface area contributed by atoms with Gasteiger partial charge in [0.15, 0.2) is 0 Å². The van der Waals surface area contributed by atoms with E-state index >= 15 is 0 Å². The van der Waals surface area contributed by atoms with Crippen molar-refractivity contribution >= 4 is 11.8 Å². The minimum Gasteiger partial charge on any atom is -0.353 e.